The van der Waals surface area contributed by atoms with Crippen LogP contribution in [-0.2, 0) is 6.42 Å². The monoisotopic (exact) mass is 322 g/mol. The Balaban J connectivity index is 1.96. The summed E-state index contributed by atoms with van der Waals surface area (Å²) in [7, 11) is 0. The van der Waals surface area contributed by atoms with Crippen molar-refractivity contribution in [2.45, 2.75) is 39.0 Å². The van der Waals surface area contributed by atoms with Gasteiger partial charge in [-0.1, -0.05) is 45.0 Å². The van der Waals surface area contributed by atoms with Crippen LogP contribution in [0, 0.1) is 0 Å². The van der Waals surface area contributed by atoms with Crippen molar-refractivity contribution in [3.05, 3.63) is 80.0 Å². The number of para-hydroxylation sites is 1. The first-order valence-electron chi connectivity index (χ1n) is 8.29. The van der Waals surface area contributed by atoms with E-state index in [4.69, 9.17) is 0 Å². The Morgan fingerprint density at radius 2 is 1.67 bits per heavy atom. The van der Waals surface area contributed by atoms with Crippen LogP contribution in [-0.4, -0.2) is 9.97 Å². The van der Waals surface area contributed by atoms with E-state index in [0.29, 0.717) is 6.42 Å². The molecule has 0 saturated heterocycles. The van der Waals surface area contributed by atoms with Crippen LogP contribution in [0.4, 0.5) is 0 Å². The van der Waals surface area contributed by atoms with E-state index >= 15 is 0 Å². The Hall–Kier alpha value is -2.62. The van der Waals surface area contributed by atoms with Crippen LogP contribution in [0.2, 0.25) is 0 Å². The largest absolute Gasteiger partial charge is 0.326 e. The number of fused-ring (bicyclic) bond motifs is 1. The maximum atomic E-state index is 12.2. The first-order valence-corrected chi connectivity index (χ1v) is 8.29. The summed E-state index contributed by atoms with van der Waals surface area (Å²) >= 11 is 0. The van der Waals surface area contributed by atoms with Crippen molar-refractivity contribution >= 4 is 10.9 Å². The summed E-state index contributed by atoms with van der Waals surface area (Å²) in [4.78, 5) is 29.9. The molecule has 0 radical (unpaired) electrons. The van der Waals surface area contributed by atoms with Gasteiger partial charge < -0.3 is 9.97 Å². The van der Waals surface area contributed by atoms with Crippen molar-refractivity contribution in [2.24, 2.45) is 0 Å². The van der Waals surface area contributed by atoms with Crippen LogP contribution < -0.4 is 11.1 Å². The number of aromatic nitrogens is 2. The fourth-order valence-electron chi connectivity index (χ4n) is 3.18. The fourth-order valence-corrected chi connectivity index (χ4v) is 3.18. The number of hydrogen-bond acceptors (Lipinski definition) is 2. The Labute approximate surface area is 140 Å². The average molecular weight is 322 g/mol. The smallest absolute Gasteiger partial charge is 0.251 e. The van der Waals surface area contributed by atoms with Crippen LogP contribution in [0.25, 0.3) is 10.9 Å². The molecule has 0 amide bonds. The topological polar surface area (TPSA) is 65.7 Å². The van der Waals surface area contributed by atoms with Gasteiger partial charge in [0.1, 0.15) is 0 Å². The minimum absolute atomic E-state index is 0.0227. The van der Waals surface area contributed by atoms with Crippen molar-refractivity contribution in [3.8, 4) is 0 Å². The van der Waals surface area contributed by atoms with Gasteiger partial charge >= 0.3 is 0 Å². The lowest BCUT2D eigenvalue weighted by molar-refractivity contribution is 0.736. The molecule has 3 rings (SSSR count). The third-order valence-corrected chi connectivity index (χ3v) is 4.46. The van der Waals surface area contributed by atoms with Crippen LogP contribution >= 0.6 is 0 Å². The van der Waals surface area contributed by atoms with Crippen LogP contribution in [0.15, 0.2) is 52.1 Å². The standard InChI is InChI=1S/C20H22N2O2/c1-12(2)15-9-8-14(21-20(15)24)10-13(3)17-11-19(23)22-18-7-5-4-6-16(17)18/h4-9,11-13H,10H2,1-3H3,(H,21,24)(H,22,23). The minimum atomic E-state index is -0.0980. The zero-order valence-electron chi connectivity index (χ0n) is 14.2. The molecule has 4 heteroatoms. The third kappa shape index (κ3) is 3.18. The van der Waals surface area contributed by atoms with Crippen LogP contribution in [0.5, 0.6) is 0 Å². The number of pyridine rings is 2. The van der Waals surface area contributed by atoms with Gasteiger partial charge in [0.25, 0.3) is 5.56 Å². The number of H-pyrrole nitrogens is 2. The second-order valence-electron chi connectivity index (χ2n) is 6.66. The van der Waals surface area contributed by atoms with Gasteiger partial charge in [-0.15, -0.1) is 0 Å². The van der Waals surface area contributed by atoms with Gasteiger partial charge in [-0.2, -0.15) is 0 Å². The molecular formula is C20H22N2O2. The Morgan fingerprint density at radius 1 is 0.917 bits per heavy atom. The van der Waals surface area contributed by atoms with E-state index in [1.165, 1.54) is 0 Å². The molecule has 0 bridgehead atoms. The summed E-state index contributed by atoms with van der Waals surface area (Å²) in [5.74, 6) is 0.328. The summed E-state index contributed by atoms with van der Waals surface area (Å²) < 4.78 is 0. The third-order valence-electron chi connectivity index (χ3n) is 4.46. The zero-order valence-corrected chi connectivity index (χ0v) is 14.2. The highest BCUT2D eigenvalue weighted by Gasteiger charge is 2.13. The molecule has 0 spiro atoms. The molecule has 1 atom stereocenters. The van der Waals surface area contributed by atoms with E-state index in [-0.39, 0.29) is 23.0 Å². The van der Waals surface area contributed by atoms with E-state index < -0.39 is 0 Å². The Kier molecular flexibility index (Phi) is 4.38. The fraction of sp³-hybridized carbons (Fsp3) is 0.300. The van der Waals surface area contributed by atoms with E-state index in [2.05, 4.69) is 16.9 Å². The maximum absolute atomic E-state index is 12.2. The van der Waals surface area contributed by atoms with Gasteiger partial charge in [-0.05, 0) is 36.0 Å². The van der Waals surface area contributed by atoms with Gasteiger partial charge in [0.05, 0.1) is 0 Å². The maximum Gasteiger partial charge on any atom is 0.251 e. The van der Waals surface area contributed by atoms with Crippen LogP contribution in [0.1, 0.15) is 49.4 Å². The van der Waals surface area contributed by atoms with E-state index in [1.54, 1.807) is 6.07 Å². The molecule has 0 aliphatic carbocycles. The van der Waals surface area contributed by atoms with Gasteiger partial charge in [-0.25, -0.2) is 0 Å². The predicted octanol–water partition coefficient (Wildman–Crippen LogP) is 3.69. The van der Waals surface area contributed by atoms with Crippen molar-refractivity contribution < 1.29 is 0 Å². The molecule has 2 N–H and O–H groups in total. The van der Waals surface area contributed by atoms with Crippen LogP contribution in [0.3, 0.4) is 0 Å². The summed E-state index contributed by atoms with van der Waals surface area (Å²) in [6.45, 7) is 6.10. The highest BCUT2D eigenvalue weighted by atomic mass is 16.1. The number of benzene rings is 1. The lowest BCUT2D eigenvalue weighted by atomic mass is 9.92. The highest BCUT2D eigenvalue weighted by molar-refractivity contribution is 5.82. The number of nitrogens with one attached hydrogen (secondary N) is 2. The molecule has 0 fully saturated rings. The molecule has 0 saturated carbocycles. The molecule has 4 nitrogen and oxygen atoms in total. The zero-order chi connectivity index (χ0) is 17.3. The molecule has 124 valence electrons. The molecule has 0 aliphatic rings. The molecule has 2 heterocycles. The van der Waals surface area contributed by atoms with Crippen molar-refractivity contribution in [1.29, 1.82) is 0 Å². The van der Waals surface area contributed by atoms with Gasteiger partial charge in [0.2, 0.25) is 5.56 Å². The normalized spacial score (nSPS) is 12.7. The summed E-state index contributed by atoms with van der Waals surface area (Å²) in [6.07, 6.45) is 0.682. The molecule has 2 aromatic heterocycles. The Morgan fingerprint density at radius 3 is 2.38 bits per heavy atom. The predicted molar refractivity (Wildman–Crippen MR) is 97.8 cm³/mol. The van der Waals surface area contributed by atoms with Crippen molar-refractivity contribution in [1.82, 2.24) is 9.97 Å². The molecule has 0 aliphatic heterocycles. The number of hydrogen-bond donors (Lipinski definition) is 2. The first-order chi connectivity index (χ1) is 11.5. The molecule has 3 aromatic rings. The lowest BCUT2D eigenvalue weighted by Crippen LogP contribution is -2.17. The Bertz CT molecular complexity index is 983. The van der Waals surface area contributed by atoms with E-state index in [0.717, 1.165) is 27.7 Å². The number of aromatic amines is 2. The first kappa shape index (κ1) is 16.2. The molecule has 1 aromatic carbocycles. The summed E-state index contributed by atoms with van der Waals surface area (Å²) in [5, 5.41) is 1.05. The molecule has 1 unspecified atom stereocenters. The average Bonchev–Trinajstić information content (AvgIpc) is 2.53. The quantitative estimate of drug-likeness (QED) is 0.769. The molecule has 24 heavy (non-hydrogen) atoms. The SMILES string of the molecule is CC(C)c1ccc(CC(C)c2cc(=O)[nH]c3ccccc23)[nH]c1=O. The van der Waals surface area contributed by atoms with Gasteiger partial charge in [0, 0.05) is 28.2 Å². The van der Waals surface area contributed by atoms with Crippen molar-refractivity contribution in [3.63, 3.8) is 0 Å². The van der Waals surface area contributed by atoms with E-state index in [9.17, 15) is 9.59 Å². The lowest BCUT2D eigenvalue weighted by Gasteiger charge is -2.15. The van der Waals surface area contributed by atoms with Gasteiger partial charge in [0.15, 0.2) is 0 Å². The molecular weight excluding hydrogens is 300 g/mol. The minimum Gasteiger partial charge on any atom is -0.326 e. The summed E-state index contributed by atoms with van der Waals surface area (Å²) in [5.41, 5.74) is 3.41. The number of rotatable bonds is 4. The second kappa shape index (κ2) is 6.48. The van der Waals surface area contributed by atoms with Gasteiger partial charge in [-0.3, -0.25) is 9.59 Å². The highest BCUT2D eigenvalue weighted by Crippen LogP contribution is 2.25. The van der Waals surface area contributed by atoms with E-state index in [1.807, 2.05) is 50.2 Å². The van der Waals surface area contributed by atoms with Crippen molar-refractivity contribution in [2.75, 3.05) is 0 Å². The second-order valence-corrected chi connectivity index (χ2v) is 6.66. The summed E-state index contributed by atoms with van der Waals surface area (Å²) in [6, 6.07) is 13.3.